The molecule has 0 saturated carbocycles. The minimum Gasteiger partial charge on any atom is -0.345 e. The molecule has 2 rings (SSSR count). The van der Waals surface area contributed by atoms with E-state index in [0.29, 0.717) is 5.69 Å². The van der Waals surface area contributed by atoms with Crippen molar-refractivity contribution < 1.29 is 22.8 Å². The zero-order chi connectivity index (χ0) is 20.4. The van der Waals surface area contributed by atoms with Crippen molar-refractivity contribution in [3.63, 3.8) is 0 Å². The second kappa shape index (κ2) is 10.0. The molecule has 0 bridgehead atoms. The van der Waals surface area contributed by atoms with Crippen molar-refractivity contribution >= 4 is 17.6 Å². The van der Waals surface area contributed by atoms with Crippen LogP contribution in [0, 0.1) is 11.8 Å². The lowest BCUT2D eigenvalue weighted by Crippen LogP contribution is -2.33. The SMILES string of the molecule is O=C(CCNC(=O)Nc1ccccc1)NCC#Cc1cccc(C(F)(F)F)c1. The summed E-state index contributed by atoms with van der Waals surface area (Å²) in [6.45, 7) is 0.122. The van der Waals surface area contributed by atoms with Crippen molar-refractivity contribution in [2.24, 2.45) is 0 Å². The lowest BCUT2D eigenvalue weighted by Gasteiger charge is -2.07. The fourth-order valence-electron chi connectivity index (χ4n) is 2.14. The predicted octanol–water partition coefficient (Wildman–Crippen LogP) is 3.38. The molecule has 0 atom stereocenters. The molecule has 2 aromatic carbocycles. The summed E-state index contributed by atoms with van der Waals surface area (Å²) < 4.78 is 37.9. The summed E-state index contributed by atoms with van der Waals surface area (Å²) in [4.78, 5) is 23.3. The van der Waals surface area contributed by atoms with Crippen LogP contribution in [0.2, 0.25) is 0 Å². The average molecular weight is 389 g/mol. The lowest BCUT2D eigenvalue weighted by molar-refractivity contribution is -0.137. The number of amides is 3. The molecule has 146 valence electrons. The van der Waals surface area contributed by atoms with Gasteiger partial charge in [-0.2, -0.15) is 13.2 Å². The van der Waals surface area contributed by atoms with E-state index in [-0.39, 0.29) is 31.0 Å². The van der Waals surface area contributed by atoms with Crippen molar-refractivity contribution in [2.45, 2.75) is 12.6 Å². The number of anilines is 1. The maximum atomic E-state index is 12.6. The first-order valence-corrected chi connectivity index (χ1v) is 8.37. The molecule has 0 heterocycles. The first-order chi connectivity index (χ1) is 13.3. The maximum Gasteiger partial charge on any atom is 0.416 e. The molecule has 0 aliphatic carbocycles. The van der Waals surface area contributed by atoms with Gasteiger partial charge in [0.15, 0.2) is 0 Å². The number of alkyl halides is 3. The Bertz CT molecular complexity index is 872. The predicted molar refractivity (Wildman–Crippen MR) is 99.4 cm³/mol. The highest BCUT2D eigenvalue weighted by molar-refractivity contribution is 5.89. The van der Waals surface area contributed by atoms with Crippen LogP contribution in [0.3, 0.4) is 0 Å². The molecule has 3 N–H and O–H groups in total. The summed E-state index contributed by atoms with van der Waals surface area (Å²) in [5.41, 5.74) is 0.0702. The lowest BCUT2D eigenvalue weighted by atomic mass is 10.1. The number of carbonyl (C=O) groups excluding carboxylic acids is 2. The Morgan fingerprint density at radius 1 is 0.964 bits per heavy atom. The van der Waals surface area contributed by atoms with Crippen LogP contribution < -0.4 is 16.0 Å². The number of hydrogen-bond acceptors (Lipinski definition) is 2. The monoisotopic (exact) mass is 389 g/mol. The zero-order valence-electron chi connectivity index (χ0n) is 14.8. The normalized spacial score (nSPS) is 10.4. The van der Waals surface area contributed by atoms with E-state index in [1.807, 2.05) is 6.07 Å². The van der Waals surface area contributed by atoms with Gasteiger partial charge in [0.2, 0.25) is 5.91 Å². The largest absolute Gasteiger partial charge is 0.416 e. The molecule has 0 aliphatic heterocycles. The topological polar surface area (TPSA) is 70.2 Å². The smallest absolute Gasteiger partial charge is 0.345 e. The Kier molecular flexibility index (Phi) is 7.45. The van der Waals surface area contributed by atoms with Gasteiger partial charge in [0.05, 0.1) is 12.1 Å². The highest BCUT2D eigenvalue weighted by Crippen LogP contribution is 2.29. The molecule has 0 radical (unpaired) electrons. The number of urea groups is 1. The number of benzene rings is 2. The molecular formula is C20H18F3N3O2. The third-order valence-corrected chi connectivity index (χ3v) is 3.47. The standard InChI is InChI=1S/C20H18F3N3O2/c21-20(22,23)16-8-4-6-15(14-16)7-5-12-24-18(27)11-13-25-19(28)26-17-9-2-1-3-10-17/h1-4,6,8-10,14H,11-13H2,(H,24,27)(H2,25,26,28). The highest BCUT2D eigenvalue weighted by Gasteiger charge is 2.30. The van der Waals surface area contributed by atoms with Gasteiger partial charge in [0.25, 0.3) is 0 Å². The molecule has 0 spiro atoms. The van der Waals surface area contributed by atoms with E-state index < -0.39 is 17.8 Å². The fourth-order valence-corrected chi connectivity index (χ4v) is 2.14. The Hall–Kier alpha value is -3.47. The van der Waals surface area contributed by atoms with Crippen LogP contribution in [0.4, 0.5) is 23.7 Å². The Balaban J connectivity index is 1.68. The zero-order valence-corrected chi connectivity index (χ0v) is 14.8. The number of carbonyl (C=O) groups is 2. The molecule has 0 saturated heterocycles. The van der Waals surface area contributed by atoms with Gasteiger partial charge >= 0.3 is 12.2 Å². The van der Waals surface area contributed by atoms with Crippen LogP contribution >= 0.6 is 0 Å². The van der Waals surface area contributed by atoms with Crippen LogP contribution in [0.15, 0.2) is 54.6 Å². The summed E-state index contributed by atoms with van der Waals surface area (Å²) >= 11 is 0. The summed E-state index contributed by atoms with van der Waals surface area (Å²) in [6.07, 6.45) is -4.38. The van der Waals surface area contributed by atoms with E-state index in [4.69, 9.17) is 0 Å². The van der Waals surface area contributed by atoms with Crippen LogP contribution in [0.5, 0.6) is 0 Å². The van der Waals surface area contributed by atoms with E-state index in [1.165, 1.54) is 12.1 Å². The molecule has 0 unspecified atom stereocenters. The number of hydrogen-bond donors (Lipinski definition) is 3. The number of nitrogens with one attached hydrogen (secondary N) is 3. The number of para-hydroxylation sites is 1. The third-order valence-electron chi connectivity index (χ3n) is 3.47. The van der Waals surface area contributed by atoms with Crippen molar-refractivity contribution in [3.05, 3.63) is 65.7 Å². The van der Waals surface area contributed by atoms with Gasteiger partial charge in [0.1, 0.15) is 0 Å². The molecule has 0 aliphatic rings. The Morgan fingerprint density at radius 3 is 2.43 bits per heavy atom. The summed E-state index contributed by atoms with van der Waals surface area (Å²) in [7, 11) is 0. The van der Waals surface area contributed by atoms with Crippen molar-refractivity contribution in [1.82, 2.24) is 10.6 Å². The first kappa shape index (κ1) is 20.8. The van der Waals surface area contributed by atoms with E-state index in [2.05, 4.69) is 27.8 Å². The van der Waals surface area contributed by atoms with Gasteiger partial charge in [-0.15, -0.1) is 0 Å². The van der Waals surface area contributed by atoms with Crippen molar-refractivity contribution in [1.29, 1.82) is 0 Å². The minimum atomic E-state index is -4.42. The molecule has 0 aromatic heterocycles. The van der Waals surface area contributed by atoms with Crippen LogP contribution in [-0.4, -0.2) is 25.0 Å². The summed E-state index contributed by atoms with van der Waals surface area (Å²) in [5.74, 6) is 4.83. The van der Waals surface area contributed by atoms with E-state index in [9.17, 15) is 22.8 Å². The Labute approximate surface area is 160 Å². The van der Waals surface area contributed by atoms with E-state index >= 15 is 0 Å². The minimum absolute atomic E-state index is 0.00864. The second-order valence-corrected chi connectivity index (χ2v) is 5.65. The molecule has 5 nitrogen and oxygen atoms in total. The molecule has 28 heavy (non-hydrogen) atoms. The molecular weight excluding hydrogens is 371 g/mol. The average Bonchev–Trinajstić information content (AvgIpc) is 2.65. The fraction of sp³-hybridized carbons (Fsp3) is 0.200. The molecule has 8 heteroatoms. The van der Waals surface area contributed by atoms with Crippen molar-refractivity contribution in [2.75, 3.05) is 18.4 Å². The van der Waals surface area contributed by atoms with Crippen LogP contribution in [0.25, 0.3) is 0 Å². The maximum absolute atomic E-state index is 12.6. The van der Waals surface area contributed by atoms with E-state index in [1.54, 1.807) is 24.3 Å². The first-order valence-electron chi connectivity index (χ1n) is 8.37. The van der Waals surface area contributed by atoms with Crippen LogP contribution in [0.1, 0.15) is 17.5 Å². The summed E-state index contributed by atoms with van der Waals surface area (Å²) in [6, 6.07) is 13.1. The van der Waals surface area contributed by atoms with Gasteiger partial charge in [-0.05, 0) is 30.3 Å². The molecule has 0 fully saturated rings. The highest BCUT2D eigenvalue weighted by atomic mass is 19.4. The molecule has 3 amide bonds. The van der Waals surface area contributed by atoms with Gasteiger partial charge < -0.3 is 16.0 Å². The number of halogens is 3. The summed E-state index contributed by atoms with van der Waals surface area (Å²) in [5, 5.41) is 7.68. The van der Waals surface area contributed by atoms with Gasteiger partial charge in [0, 0.05) is 24.2 Å². The quantitative estimate of drug-likeness (QED) is 0.686. The molecule has 2 aromatic rings. The second-order valence-electron chi connectivity index (χ2n) is 5.65. The van der Waals surface area contributed by atoms with Crippen LogP contribution in [-0.2, 0) is 11.0 Å². The Morgan fingerprint density at radius 2 is 1.71 bits per heavy atom. The van der Waals surface area contributed by atoms with Gasteiger partial charge in [-0.25, -0.2) is 4.79 Å². The van der Waals surface area contributed by atoms with Crippen molar-refractivity contribution in [3.8, 4) is 11.8 Å². The van der Waals surface area contributed by atoms with Gasteiger partial charge in [-0.1, -0.05) is 36.1 Å². The van der Waals surface area contributed by atoms with E-state index in [0.717, 1.165) is 12.1 Å². The van der Waals surface area contributed by atoms with Gasteiger partial charge in [-0.3, -0.25) is 4.79 Å². The third kappa shape index (κ3) is 7.41. The number of rotatable bonds is 5.